The fourth-order valence-corrected chi connectivity index (χ4v) is 7.60. The number of hydrogen-bond acceptors (Lipinski definition) is 1. The minimum atomic E-state index is -0.494. The highest BCUT2D eigenvalue weighted by Crippen LogP contribution is 2.56. The van der Waals surface area contributed by atoms with Gasteiger partial charge in [0.2, 0.25) is 0 Å². The van der Waals surface area contributed by atoms with Crippen molar-refractivity contribution in [3.63, 3.8) is 0 Å². The van der Waals surface area contributed by atoms with Gasteiger partial charge < -0.3 is 9.88 Å². The molecular formula is C43H30N2. The molecule has 8 aromatic rings. The Morgan fingerprint density at radius 3 is 1.73 bits per heavy atom. The molecule has 1 heterocycles. The number of fused-ring (bicyclic) bond motifs is 6. The van der Waals surface area contributed by atoms with Gasteiger partial charge in [-0.3, -0.25) is 0 Å². The van der Waals surface area contributed by atoms with Crippen molar-refractivity contribution in [2.75, 3.05) is 5.32 Å². The van der Waals surface area contributed by atoms with Crippen molar-refractivity contribution in [2.45, 2.75) is 5.41 Å². The Morgan fingerprint density at radius 1 is 0.400 bits per heavy atom. The highest BCUT2D eigenvalue weighted by molar-refractivity contribution is 6.09. The fourth-order valence-electron chi connectivity index (χ4n) is 7.60. The van der Waals surface area contributed by atoms with Gasteiger partial charge >= 0.3 is 0 Å². The molecule has 0 spiro atoms. The van der Waals surface area contributed by atoms with Gasteiger partial charge in [-0.1, -0.05) is 121 Å². The van der Waals surface area contributed by atoms with E-state index in [0.717, 1.165) is 11.4 Å². The summed E-state index contributed by atoms with van der Waals surface area (Å²) in [4.78, 5) is 0. The second-order valence-corrected chi connectivity index (χ2v) is 11.8. The van der Waals surface area contributed by atoms with E-state index in [-0.39, 0.29) is 0 Å². The summed E-state index contributed by atoms with van der Waals surface area (Å²) in [6, 6.07) is 63.9. The van der Waals surface area contributed by atoms with Crippen LogP contribution in [0, 0.1) is 0 Å². The number of aromatic nitrogens is 1. The minimum absolute atomic E-state index is 0.494. The lowest BCUT2D eigenvalue weighted by Crippen LogP contribution is -2.28. The zero-order valence-corrected chi connectivity index (χ0v) is 24.7. The molecule has 0 fully saturated rings. The molecule has 0 aliphatic heterocycles. The molecule has 2 heteroatoms. The molecule has 1 aliphatic rings. The van der Waals surface area contributed by atoms with Crippen LogP contribution in [0.4, 0.5) is 11.4 Å². The third-order valence-electron chi connectivity index (χ3n) is 9.43. The van der Waals surface area contributed by atoms with Gasteiger partial charge in [-0.25, -0.2) is 0 Å². The van der Waals surface area contributed by atoms with Gasteiger partial charge in [0.25, 0.3) is 0 Å². The smallest absolute Gasteiger partial charge is 0.0714 e. The average Bonchev–Trinajstić information content (AvgIpc) is 3.60. The van der Waals surface area contributed by atoms with Crippen molar-refractivity contribution in [1.29, 1.82) is 0 Å². The first-order valence-corrected chi connectivity index (χ1v) is 15.5. The standard InChI is InChI=1S/C43H30N2/c1-3-15-32(16-4-1)44-33-17-13-14-30(28-33)43(39-23-10-7-20-35(39)36-21-8-11-24-40(36)43)31-26-27-42-38(29-31)37-22-9-12-25-41(37)45(42)34-18-5-2-6-19-34/h1-29,44H. The third-order valence-corrected chi connectivity index (χ3v) is 9.43. The lowest BCUT2D eigenvalue weighted by molar-refractivity contribution is 0.770. The minimum Gasteiger partial charge on any atom is -0.356 e. The summed E-state index contributed by atoms with van der Waals surface area (Å²) in [7, 11) is 0. The van der Waals surface area contributed by atoms with Crippen molar-refractivity contribution >= 4 is 33.2 Å². The van der Waals surface area contributed by atoms with Crippen molar-refractivity contribution < 1.29 is 0 Å². The first-order valence-electron chi connectivity index (χ1n) is 15.5. The first kappa shape index (κ1) is 25.6. The molecule has 0 saturated carbocycles. The maximum absolute atomic E-state index is 3.66. The Bertz CT molecular complexity index is 2300. The maximum Gasteiger partial charge on any atom is 0.0714 e. The normalized spacial score (nSPS) is 13.1. The number of nitrogens with zero attached hydrogens (tertiary/aromatic N) is 1. The summed E-state index contributed by atoms with van der Waals surface area (Å²) >= 11 is 0. The van der Waals surface area contributed by atoms with E-state index < -0.39 is 5.41 Å². The lowest BCUT2D eigenvalue weighted by Gasteiger charge is -2.34. The van der Waals surface area contributed by atoms with Crippen LogP contribution in [0.1, 0.15) is 22.3 Å². The van der Waals surface area contributed by atoms with Crippen molar-refractivity contribution in [2.24, 2.45) is 0 Å². The van der Waals surface area contributed by atoms with E-state index in [4.69, 9.17) is 0 Å². The van der Waals surface area contributed by atoms with Crippen LogP contribution in [0.3, 0.4) is 0 Å². The molecule has 7 aromatic carbocycles. The van der Waals surface area contributed by atoms with E-state index in [1.54, 1.807) is 0 Å². The molecular weight excluding hydrogens is 544 g/mol. The van der Waals surface area contributed by atoms with Crippen LogP contribution in [-0.4, -0.2) is 4.57 Å². The molecule has 2 nitrogen and oxygen atoms in total. The van der Waals surface area contributed by atoms with Crippen molar-refractivity contribution in [1.82, 2.24) is 4.57 Å². The monoisotopic (exact) mass is 574 g/mol. The van der Waals surface area contributed by atoms with E-state index >= 15 is 0 Å². The van der Waals surface area contributed by atoms with Crippen molar-refractivity contribution in [3.8, 4) is 16.8 Å². The summed E-state index contributed by atoms with van der Waals surface area (Å²) in [5.41, 5.74) is 13.0. The topological polar surface area (TPSA) is 17.0 Å². The predicted molar refractivity (Wildman–Crippen MR) is 188 cm³/mol. The molecule has 1 aromatic heterocycles. The van der Waals surface area contributed by atoms with E-state index in [9.17, 15) is 0 Å². The van der Waals surface area contributed by atoms with Crippen LogP contribution >= 0.6 is 0 Å². The number of hydrogen-bond donors (Lipinski definition) is 1. The van der Waals surface area contributed by atoms with Crippen LogP contribution in [0.15, 0.2) is 176 Å². The van der Waals surface area contributed by atoms with E-state index in [1.165, 1.54) is 60.9 Å². The number of benzene rings is 7. The summed E-state index contributed by atoms with van der Waals surface area (Å²) < 4.78 is 2.39. The summed E-state index contributed by atoms with van der Waals surface area (Å²) in [5.74, 6) is 0. The summed E-state index contributed by atoms with van der Waals surface area (Å²) in [6.45, 7) is 0. The van der Waals surface area contributed by atoms with Gasteiger partial charge in [0.05, 0.1) is 16.4 Å². The molecule has 0 bridgehead atoms. The van der Waals surface area contributed by atoms with Crippen LogP contribution in [0.5, 0.6) is 0 Å². The van der Waals surface area contributed by atoms with E-state index in [0.29, 0.717) is 0 Å². The van der Waals surface area contributed by atoms with E-state index in [2.05, 4.69) is 180 Å². The van der Waals surface area contributed by atoms with Gasteiger partial charge in [0.1, 0.15) is 0 Å². The van der Waals surface area contributed by atoms with Crippen LogP contribution < -0.4 is 5.32 Å². The predicted octanol–water partition coefficient (Wildman–Crippen LogP) is 10.9. The van der Waals surface area contributed by atoms with Gasteiger partial charge in [-0.2, -0.15) is 0 Å². The van der Waals surface area contributed by atoms with Crippen molar-refractivity contribution in [3.05, 3.63) is 198 Å². The molecule has 0 amide bonds. The molecule has 1 N–H and O–H groups in total. The molecule has 9 rings (SSSR count). The van der Waals surface area contributed by atoms with Crippen LogP contribution in [0.25, 0.3) is 38.6 Å². The largest absolute Gasteiger partial charge is 0.356 e. The average molecular weight is 575 g/mol. The zero-order chi connectivity index (χ0) is 29.8. The highest BCUT2D eigenvalue weighted by Gasteiger charge is 2.46. The number of para-hydroxylation sites is 3. The van der Waals surface area contributed by atoms with Gasteiger partial charge in [0.15, 0.2) is 0 Å². The second kappa shape index (κ2) is 10.1. The Labute approximate surface area is 262 Å². The highest BCUT2D eigenvalue weighted by atomic mass is 15.0. The first-order chi connectivity index (χ1) is 22.3. The number of anilines is 2. The molecule has 0 saturated heterocycles. The molecule has 1 aliphatic carbocycles. The zero-order valence-electron chi connectivity index (χ0n) is 24.7. The van der Waals surface area contributed by atoms with Gasteiger partial charge in [-0.15, -0.1) is 0 Å². The molecule has 45 heavy (non-hydrogen) atoms. The molecule has 0 atom stereocenters. The Balaban J connectivity index is 1.35. The quantitative estimate of drug-likeness (QED) is 0.216. The maximum atomic E-state index is 3.66. The Hall–Kier alpha value is -5.86. The Morgan fingerprint density at radius 2 is 0.978 bits per heavy atom. The molecule has 0 radical (unpaired) electrons. The summed E-state index contributed by atoms with van der Waals surface area (Å²) in [5, 5.41) is 6.17. The molecule has 0 unspecified atom stereocenters. The lowest BCUT2D eigenvalue weighted by atomic mass is 9.67. The van der Waals surface area contributed by atoms with Crippen LogP contribution in [0.2, 0.25) is 0 Å². The third kappa shape index (κ3) is 3.82. The Kier molecular flexibility index (Phi) is 5.76. The fraction of sp³-hybridized carbons (Fsp3) is 0.0233. The molecule has 212 valence electrons. The SMILES string of the molecule is c1ccc(Nc2cccc(C3(c4ccc5c(c4)c4ccccc4n5-c4ccccc4)c4ccccc4-c4ccccc43)c2)cc1. The number of rotatable bonds is 5. The van der Waals surface area contributed by atoms with Gasteiger partial charge in [0, 0.05) is 27.8 Å². The summed E-state index contributed by atoms with van der Waals surface area (Å²) in [6.07, 6.45) is 0. The van der Waals surface area contributed by atoms with E-state index in [1.807, 2.05) is 6.07 Å². The number of nitrogens with one attached hydrogen (secondary N) is 1. The second-order valence-electron chi connectivity index (χ2n) is 11.8. The van der Waals surface area contributed by atoms with Gasteiger partial charge in [-0.05, 0) is 88.0 Å². The van der Waals surface area contributed by atoms with Crippen LogP contribution in [-0.2, 0) is 5.41 Å².